The molecule has 1 heterocycles. The number of anilines is 1. The summed E-state index contributed by atoms with van der Waals surface area (Å²) in [5.41, 5.74) is 1.25. The van der Waals surface area contributed by atoms with Gasteiger partial charge in [-0.2, -0.15) is 0 Å². The average Bonchev–Trinajstić information content (AvgIpc) is 2.72. The molecule has 1 saturated carbocycles. The first-order valence-corrected chi connectivity index (χ1v) is 11.5. The summed E-state index contributed by atoms with van der Waals surface area (Å²) in [4.78, 5) is 21.0. The molecule has 3 rings (SSSR count). The van der Waals surface area contributed by atoms with Gasteiger partial charge >= 0.3 is 5.97 Å². The Hall–Kier alpha value is -1.93. The number of thioether (sulfide) groups is 2. The standard InChI is InChI=1S/C20H25N3O3S2/c1-26-15-10-8-13(9-11-15)12-28-18-16(19(24)25)17(22-20(23-18)27-2)21-14-6-4-3-5-7-14/h8-11,14H,3-7,12H2,1-2H3,(H,24,25)(H,21,22,23). The Morgan fingerprint density at radius 2 is 1.93 bits per heavy atom. The van der Waals surface area contributed by atoms with E-state index in [1.54, 1.807) is 7.11 Å². The zero-order valence-corrected chi connectivity index (χ0v) is 17.7. The first kappa shape index (κ1) is 20.8. The van der Waals surface area contributed by atoms with Crippen LogP contribution in [0.2, 0.25) is 0 Å². The van der Waals surface area contributed by atoms with Crippen molar-refractivity contribution in [2.75, 3.05) is 18.7 Å². The van der Waals surface area contributed by atoms with Crippen molar-refractivity contribution in [3.8, 4) is 5.75 Å². The van der Waals surface area contributed by atoms with Crippen molar-refractivity contribution < 1.29 is 14.6 Å². The zero-order chi connectivity index (χ0) is 19.9. The van der Waals surface area contributed by atoms with E-state index in [2.05, 4.69) is 15.3 Å². The minimum Gasteiger partial charge on any atom is -0.497 e. The van der Waals surface area contributed by atoms with Crippen molar-refractivity contribution in [1.29, 1.82) is 0 Å². The van der Waals surface area contributed by atoms with Crippen LogP contribution < -0.4 is 10.1 Å². The maximum absolute atomic E-state index is 12.0. The summed E-state index contributed by atoms with van der Waals surface area (Å²) in [5, 5.41) is 14.3. The molecule has 8 heteroatoms. The fraction of sp³-hybridized carbons (Fsp3) is 0.450. The summed E-state index contributed by atoms with van der Waals surface area (Å²) >= 11 is 2.84. The van der Waals surface area contributed by atoms with E-state index in [0.717, 1.165) is 24.2 Å². The molecule has 150 valence electrons. The van der Waals surface area contributed by atoms with E-state index in [-0.39, 0.29) is 11.6 Å². The Morgan fingerprint density at radius 3 is 2.54 bits per heavy atom. The second-order valence-electron chi connectivity index (χ2n) is 6.66. The van der Waals surface area contributed by atoms with Crippen LogP contribution in [0.3, 0.4) is 0 Å². The van der Waals surface area contributed by atoms with Gasteiger partial charge in [0.25, 0.3) is 0 Å². The molecule has 0 amide bonds. The van der Waals surface area contributed by atoms with E-state index in [1.807, 2.05) is 30.5 Å². The van der Waals surface area contributed by atoms with Gasteiger partial charge in [-0.25, -0.2) is 14.8 Å². The number of aromatic nitrogens is 2. The summed E-state index contributed by atoms with van der Waals surface area (Å²) in [5.74, 6) is 0.864. The van der Waals surface area contributed by atoms with Gasteiger partial charge in [0, 0.05) is 11.8 Å². The van der Waals surface area contributed by atoms with E-state index in [1.165, 1.54) is 42.8 Å². The van der Waals surface area contributed by atoms with Gasteiger partial charge in [-0.3, -0.25) is 0 Å². The highest BCUT2D eigenvalue weighted by Crippen LogP contribution is 2.32. The van der Waals surface area contributed by atoms with Crippen LogP contribution in [-0.4, -0.2) is 40.5 Å². The number of ether oxygens (including phenoxy) is 1. The molecule has 0 bridgehead atoms. The van der Waals surface area contributed by atoms with Gasteiger partial charge in [-0.15, -0.1) is 11.8 Å². The normalized spacial score (nSPS) is 14.6. The number of hydrogen-bond donors (Lipinski definition) is 2. The van der Waals surface area contributed by atoms with E-state index < -0.39 is 5.97 Å². The van der Waals surface area contributed by atoms with Crippen LogP contribution in [0, 0.1) is 0 Å². The second kappa shape index (κ2) is 10.0. The molecule has 28 heavy (non-hydrogen) atoms. The molecule has 0 unspecified atom stereocenters. The molecule has 6 nitrogen and oxygen atoms in total. The molecule has 0 radical (unpaired) electrons. The molecule has 2 aromatic rings. The van der Waals surface area contributed by atoms with Gasteiger partial charge < -0.3 is 15.2 Å². The lowest BCUT2D eigenvalue weighted by atomic mass is 9.95. The topological polar surface area (TPSA) is 84.3 Å². The lowest BCUT2D eigenvalue weighted by Gasteiger charge is -2.24. The van der Waals surface area contributed by atoms with Crippen molar-refractivity contribution in [3.05, 3.63) is 35.4 Å². The molecule has 1 aromatic heterocycles. The quantitative estimate of drug-likeness (QED) is 0.353. The van der Waals surface area contributed by atoms with Crippen molar-refractivity contribution in [2.45, 2.75) is 54.1 Å². The summed E-state index contributed by atoms with van der Waals surface area (Å²) in [7, 11) is 1.63. The summed E-state index contributed by atoms with van der Waals surface area (Å²) in [6.45, 7) is 0. The smallest absolute Gasteiger partial charge is 0.342 e. The first-order chi connectivity index (χ1) is 13.6. The van der Waals surface area contributed by atoms with Crippen molar-refractivity contribution >= 4 is 35.3 Å². The van der Waals surface area contributed by atoms with E-state index in [0.29, 0.717) is 21.8 Å². The van der Waals surface area contributed by atoms with Crippen LogP contribution in [0.5, 0.6) is 5.75 Å². The highest BCUT2D eigenvalue weighted by molar-refractivity contribution is 7.99. The van der Waals surface area contributed by atoms with Crippen molar-refractivity contribution in [1.82, 2.24) is 9.97 Å². The first-order valence-electron chi connectivity index (χ1n) is 9.32. The van der Waals surface area contributed by atoms with Crippen LogP contribution >= 0.6 is 23.5 Å². The fourth-order valence-electron chi connectivity index (χ4n) is 3.23. The van der Waals surface area contributed by atoms with E-state index >= 15 is 0 Å². The molecule has 1 aromatic carbocycles. The molecule has 1 aliphatic rings. The second-order valence-corrected chi connectivity index (χ2v) is 8.40. The van der Waals surface area contributed by atoms with Crippen LogP contribution in [0.15, 0.2) is 34.4 Å². The molecular weight excluding hydrogens is 394 g/mol. The number of carboxylic acid groups (broad SMARTS) is 1. The predicted molar refractivity (Wildman–Crippen MR) is 114 cm³/mol. The molecule has 2 N–H and O–H groups in total. The van der Waals surface area contributed by atoms with Crippen LogP contribution in [-0.2, 0) is 5.75 Å². The van der Waals surface area contributed by atoms with Gasteiger partial charge in [0.1, 0.15) is 22.2 Å². The van der Waals surface area contributed by atoms with Gasteiger partial charge in [0.05, 0.1) is 7.11 Å². The number of aromatic carboxylic acids is 1. The highest BCUT2D eigenvalue weighted by atomic mass is 32.2. The van der Waals surface area contributed by atoms with Crippen molar-refractivity contribution in [2.24, 2.45) is 0 Å². The number of methoxy groups -OCH3 is 1. The number of rotatable bonds is 8. The molecular formula is C20H25N3O3S2. The zero-order valence-electron chi connectivity index (χ0n) is 16.1. The van der Waals surface area contributed by atoms with E-state index in [9.17, 15) is 9.90 Å². The largest absolute Gasteiger partial charge is 0.497 e. The molecule has 0 atom stereocenters. The summed E-state index contributed by atoms with van der Waals surface area (Å²) in [6, 6.07) is 8.03. The SMILES string of the molecule is COc1ccc(CSc2nc(SC)nc(NC3CCCCC3)c2C(=O)O)cc1. The Morgan fingerprint density at radius 1 is 1.21 bits per heavy atom. The highest BCUT2D eigenvalue weighted by Gasteiger charge is 2.24. The molecule has 1 fully saturated rings. The van der Waals surface area contributed by atoms with Crippen molar-refractivity contribution in [3.63, 3.8) is 0 Å². The minimum absolute atomic E-state index is 0.168. The average molecular weight is 420 g/mol. The Labute approximate surface area is 173 Å². The monoisotopic (exact) mass is 419 g/mol. The van der Waals surface area contributed by atoms with Gasteiger partial charge in [-0.05, 0) is 36.8 Å². The predicted octanol–water partition coefficient (Wildman–Crippen LogP) is 4.94. The van der Waals surface area contributed by atoms with Crippen LogP contribution in [0.4, 0.5) is 5.82 Å². The maximum Gasteiger partial charge on any atom is 0.342 e. The third-order valence-electron chi connectivity index (χ3n) is 4.73. The molecule has 0 saturated heterocycles. The molecule has 0 spiro atoms. The van der Waals surface area contributed by atoms with E-state index in [4.69, 9.17) is 4.74 Å². The third kappa shape index (κ3) is 5.32. The number of carbonyl (C=O) groups is 1. The van der Waals surface area contributed by atoms with Gasteiger partial charge in [-0.1, -0.05) is 43.2 Å². The number of carboxylic acids is 1. The molecule has 0 aliphatic heterocycles. The number of nitrogens with zero attached hydrogens (tertiary/aromatic N) is 2. The Kier molecular flexibility index (Phi) is 7.44. The summed E-state index contributed by atoms with van der Waals surface area (Å²) < 4.78 is 5.18. The lowest BCUT2D eigenvalue weighted by molar-refractivity contribution is 0.0692. The fourth-order valence-corrected chi connectivity index (χ4v) is 4.63. The van der Waals surface area contributed by atoms with Gasteiger partial charge in [0.2, 0.25) is 0 Å². The summed E-state index contributed by atoms with van der Waals surface area (Å²) in [6.07, 6.45) is 7.57. The third-order valence-corrected chi connectivity index (χ3v) is 6.33. The Bertz CT molecular complexity index is 809. The maximum atomic E-state index is 12.0. The number of nitrogens with one attached hydrogen (secondary N) is 1. The minimum atomic E-state index is -0.997. The van der Waals surface area contributed by atoms with Gasteiger partial charge in [0.15, 0.2) is 5.16 Å². The lowest BCUT2D eigenvalue weighted by Crippen LogP contribution is -2.25. The molecule has 1 aliphatic carbocycles. The van der Waals surface area contributed by atoms with Crippen LogP contribution in [0.1, 0.15) is 48.0 Å². The number of hydrogen-bond acceptors (Lipinski definition) is 7. The number of benzene rings is 1. The Balaban J connectivity index is 1.84. The van der Waals surface area contributed by atoms with Crippen LogP contribution in [0.25, 0.3) is 0 Å².